The molecule has 3 N–H and O–H groups in total. The molecule has 0 aromatic rings. The number of halogens is 1. The van der Waals surface area contributed by atoms with Gasteiger partial charge in [-0.25, -0.2) is 0 Å². The maximum atomic E-state index is 6.88. The largest absolute Gasteiger partial charge is 0.320 e. The highest BCUT2D eigenvalue weighted by atomic mass is 79.9. The number of quaternary nitrogens is 1. The summed E-state index contributed by atoms with van der Waals surface area (Å²) in [6, 6.07) is 0. The van der Waals surface area contributed by atoms with Crippen LogP contribution in [-0.4, -0.2) is 11.2 Å². The first kappa shape index (κ1) is 7.85. The minimum Gasteiger partial charge on any atom is -0.320 e. The van der Waals surface area contributed by atoms with E-state index in [0.717, 1.165) is 6.54 Å². The van der Waals surface area contributed by atoms with Crippen molar-refractivity contribution in [1.29, 1.82) is 5.41 Å². The highest BCUT2D eigenvalue weighted by Gasteiger charge is 1.77. The Bertz CT molecular complexity index is 98.6. The Morgan fingerprint density at radius 2 is 2.50 bits per heavy atom. The Balaban J connectivity index is 3.20. The molecule has 0 unspecified atom stereocenters. The molecule has 0 aromatic heterocycles. The Labute approximate surface area is 57.6 Å². The van der Waals surface area contributed by atoms with E-state index < -0.39 is 0 Å². The average Bonchev–Trinajstić information content (AvgIpc) is 1.66. The van der Waals surface area contributed by atoms with Crippen molar-refractivity contribution in [2.75, 3.05) is 6.54 Å². The molecule has 0 aromatic carbocycles. The van der Waals surface area contributed by atoms with Gasteiger partial charge in [0.25, 0.3) is 0 Å². The van der Waals surface area contributed by atoms with E-state index >= 15 is 0 Å². The zero-order valence-corrected chi connectivity index (χ0v) is 6.40. The fraction of sp³-hybridized carbons (Fsp3) is 0.400. The minimum atomic E-state index is 0.419. The van der Waals surface area contributed by atoms with Crippen LogP contribution >= 0.6 is 15.9 Å². The van der Waals surface area contributed by atoms with Gasteiger partial charge in [-0.15, -0.1) is 0 Å². The van der Waals surface area contributed by atoms with Crippen molar-refractivity contribution in [3.8, 4) is 0 Å². The van der Waals surface area contributed by atoms with E-state index in [-0.39, 0.29) is 0 Å². The molecular formula is C5H10BrN2+. The van der Waals surface area contributed by atoms with Crippen LogP contribution in [0.1, 0.15) is 6.92 Å². The Hall–Kier alpha value is -0.150. The molecule has 0 aliphatic heterocycles. The molecule has 2 nitrogen and oxygen atoms in total. The van der Waals surface area contributed by atoms with Crippen LogP contribution in [0.4, 0.5) is 0 Å². The second kappa shape index (κ2) is 5.00. The van der Waals surface area contributed by atoms with Crippen LogP contribution in [0.15, 0.2) is 12.3 Å². The molecule has 0 aliphatic rings. The zero-order valence-electron chi connectivity index (χ0n) is 4.82. The molecule has 0 rings (SSSR count). The predicted octanol–water partition coefficient (Wildman–Crippen LogP) is 0.456. The maximum Gasteiger partial charge on any atom is 0.102 e. The van der Waals surface area contributed by atoms with Crippen LogP contribution in [0.2, 0.25) is 0 Å². The van der Waals surface area contributed by atoms with Gasteiger partial charge < -0.3 is 5.32 Å². The second-order valence-corrected chi connectivity index (χ2v) is 2.21. The first-order valence-corrected chi connectivity index (χ1v) is 3.30. The highest BCUT2D eigenvalue weighted by Crippen LogP contribution is 1.82. The first-order valence-electron chi connectivity index (χ1n) is 2.51. The third kappa shape index (κ3) is 5.85. The third-order valence-electron chi connectivity index (χ3n) is 0.614. The fourth-order valence-electron chi connectivity index (χ4n) is 0.289. The van der Waals surface area contributed by atoms with Crippen molar-refractivity contribution >= 4 is 20.6 Å². The quantitative estimate of drug-likeness (QED) is 0.589. The molecule has 0 aliphatic carbocycles. The van der Waals surface area contributed by atoms with Gasteiger partial charge in [0.2, 0.25) is 0 Å². The summed E-state index contributed by atoms with van der Waals surface area (Å²) in [4.78, 5) is 0. The van der Waals surface area contributed by atoms with E-state index in [2.05, 4.69) is 22.9 Å². The molecule has 0 saturated heterocycles. The van der Waals surface area contributed by atoms with Crippen molar-refractivity contribution in [2.45, 2.75) is 6.92 Å². The van der Waals surface area contributed by atoms with E-state index in [1.165, 1.54) is 0 Å². The molecule has 0 saturated carbocycles. The van der Waals surface area contributed by atoms with E-state index in [1.54, 1.807) is 6.08 Å². The van der Waals surface area contributed by atoms with Gasteiger partial charge in [0.1, 0.15) is 4.62 Å². The molecular weight excluding hydrogens is 168 g/mol. The van der Waals surface area contributed by atoms with Crippen LogP contribution in [-0.2, 0) is 0 Å². The van der Waals surface area contributed by atoms with Gasteiger partial charge in [-0.3, -0.25) is 5.41 Å². The molecule has 46 valence electrons. The summed E-state index contributed by atoms with van der Waals surface area (Å²) >= 11 is 2.98. The van der Waals surface area contributed by atoms with Gasteiger partial charge >= 0.3 is 0 Å². The number of hydrogen-bond acceptors (Lipinski definition) is 1. The number of hydrogen-bond donors (Lipinski definition) is 2. The number of rotatable bonds is 3. The molecule has 0 atom stereocenters. The van der Waals surface area contributed by atoms with Crippen molar-refractivity contribution in [3.63, 3.8) is 0 Å². The smallest absolute Gasteiger partial charge is 0.102 e. The topological polar surface area (TPSA) is 40.5 Å². The Morgan fingerprint density at radius 3 is 2.88 bits per heavy atom. The second-order valence-electron chi connectivity index (χ2n) is 1.35. The molecule has 0 fully saturated rings. The van der Waals surface area contributed by atoms with E-state index in [9.17, 15) is 0 Å². The van der Waals surface area contributed by atoms with E-state index in [0.29, 0.717) is 4.62 Å². The molecule has 0 amide bonds. The lowest BCUT2D eigenvalue weighted by Gasteiger charge is -1.82. The van der Waals surface area contributed by atoms with Crippen molar-refractivity contribution < 1.29 is 5.32 Å². The number of nitrogens with one attached hydrogen (secondary N) is 1. The van der Waals surface area contributed by atoms with Gasteiger partial charge in [0.15, 0.2) is 0 Å². The summed E-state index contributed by atoms with van der Waals surface area (Å²) in [6.45, 7) is 3.08. The molecule has 0 bridgehead atoms. The molecule has 0 radical (unpaired) electrons. The summed E-state index contributed by atoms with van der Waals surface area (Å²) in [5, 5.41) is 8.88. The maximum absolute atomic E-state index is 6.88. The molecule has 8 heavy (non-hydrogen) atoms. The predicted molar refractivity (Wildman–Crippen MR) is 38.3 cm³/mol. The van der Waals surface area contributed by atoms with Gasteiger partial charge in [-0.2, -0.15) is 0 Å². The van der Waals surface area contributed by atoms with Crippen LogP contribution in [0.3, 0.4) is 0 Å². The minimum absolute atomic E-state index is 0.419. The molecule has 3 heteroatoms. The van der Waals surface area contributed by atoms with E-state index in [4.69, 9.17) is 5.41 Å². The lowest BCUT2D eigenvalue weighted by molar-refractivity contribution is -0.584. The highest BCUT2D eigenvalue weighted by molar-refractivity contribution is 9.18. The Kier molecular flexibility index (Phi) is 4.90. The lowest BCUT2D eigenvalue weighted by atomic mass is 10.6. The average molecular weight is 178 g/mol. The summed E-state index contributed by atoms with van der Waals surface area (Å²) in [7, 11) is 0. The SMILES string of the molecule is CC[NH2+]C=CC(=N)Br. The summed E-state index contributed by atoms with van der Waals surface area (Å²) in [5.74, 6) is 0. The first-order chi connectivity index (χ1) is 3.77. The standard InChI is InChI=1S/C5H9BrN2/c1-2-8-4-3-5(6)7/h3-4,7-8H,2H2,1H3/p+1. The van der Waals surface area contributed by atoms with Gasteiger partial charge in [0.05, 0.1) is 12.7 Å². The van der Waals surface area contributed by atoms with Crippen LogP contribution < -0.4 is 5.32 Å². The van der Waals surface area contributed by atoms with Crippen molar-refractivity contribution in [2.24, 2.45) is 0 Å². The van der Waals surface area contributed by atoms with Gasteiger partial charge in [-0.1, -0.05) is 0 Å². The summed E-state index contributed by atoms with van der Waals surface area (Å²) in [6.07, 6.45) is 3.56. The zero-order chi connectivity index (χ0) is 6.41. The number of allylic oxidation sites excluding steroid dienone is 1. The van der Waals surface area contributed by atoms with Crippen LogP contribution in [0.5, 0.6) is 0 Å². The number of nitrogens with two attached hydrogens (primary N) is 1. The monoisotopic (exact) mass is 177 g/mol. The summed E-state index contributed by atoms with van der Waals surface area (Å²) in [5.41, 5.74) is 0. The van der Waals surface area contributed by atoms with Crippen molar-refractivity contribution in [1.82, 2.24) is 0 Å². The van der Waals surface area contributed by atoms with Crippen LogP contribution in [0.25, 0.3) is 0 Å². The van der Waals surface area contributed by atoms with E-state index in [1.807, 2.05) is 11.5 Å². The summed E-state index contributed by atoms with van der Waals surface area (Å²) < 4.78 is 0.419. The Morgan fingerprint density at radius 1 is 1.88 bits per heavy atom. The van der Waals surface area contributed by atoms with Gasteiger partial charge in [-0.05, 0) is 22.9 Å². The van der Waals surface area contributed by atoms with Crippen molar-refractivity contribution in [3.05, 3.63) is 12.3 Å². The van der Waals surface area contributed by atoms with Gasteiger partial charge in [0, 0.05) is 6.08 Å². The normalized spacial score (nSPS) is 10.2. The molecule has 0 heterocycles. The third-order valence-corrected chi connectivity index (χ3v) is 0.879. The molecule has 0 spiro atoms. The fourth-order valence-corrected chi connectivity index (χ4v) is 0.441. The van der Waals surface area contributed by atoms with Crippen LogP contribution in [0, 0.1) is 5.41 Å². The lowest BCUT2D eigenvalue weighted by Crippen LogP contribution is -2.77.